The Hall–Kier alpha value is -1.40. The Morgan fingerprint density at radius 1 is 1.14 bits per heavy atom. The number of hydrogen-bond donors (Lipinski definition) is 0. The van der Waals surface area contributed by atoms with E-state index in [4.69, 9.17) is 0 Å². The van der Waals surface area contributed by atoms with E-state index in [1.165, 1.54) is 15.4 Å². The van der Waals surface area contributed by atoms with Crippen molar-refractivity contribution in [1.29, 1.82) is 0 Å². The quantitative estimate of drug-likeness (QED) is 0.854. The van der Waals surface area contributed by atoms with Gasteiger partial charge < -0.3 is 4.90 Å². The number of carbonyl (C=O) groups excluding carboxylic acids is 1. The Bertz CT molecular complexity index is 685. The molecule has 0 radical (unpaired) electrons. The number of rotatable bonds is 3. The number of amides is 1. The number of fused-ring (bicyclic) bond motifs is 5. The first-order valence-electron chi connectivity index (χ1n) is 7.96. The molecule has 0 aliphatic carbocycles. The van der Waals surface area contributed by atoms with Crippen molar-refractivity contribution in [3.63, 3.8) is 0 Å². The first kappa shape index (κ1) is 14.2. The van der Waals surface area contributed by atoms with E-state index < -0.39 is 10.0 Å². The Labute approximate surface area is 131 Å². The van der Waals surface area contributed by atoms with Gasteiger partial charge in [-0.2, -0.15) is 0 Å². The van der Waals surface area contributed by atoms with E-state index in [-0.39, 0.29) is 23.7 Å². The zero-order valence-electron chi connectivity index (χ0n) is 12.4. The number of nitrogens with zero attached hydrogens (tertiary/aromatic N) is 2. The summed E-state index contributed by atoms with van der Waals surface area (Å²) in [5, 5.41) is 0. The average Bonchev–Trinajstić information content (AvgIpc) is 3.16. The van der Waals surface area contributed by atoms with Crippen molar-refractivity contribution in [2.75, 3.05) is 18.8 Å². The molecule has 2 atom stereocenters. The Morgan fingerprint density at radius 3 is 2.32 bits per heavy atom. The van der Waals surface area contributed by atoms with Crippen LogP contribution in [0.3, 0.4) is 0 Å². The Balaban J connectivity index is 1.47. The molecule has 0 saturated carbocycles. The monoisotopic (exact) mass is 320 g/mol. The summed E-state index contributed by atoms with van der Waals surface area (Å²) in [4.78, 5) is 14.6. The number of benzene rings is 1. The minimum absolute atomic E-state index is 0.0887. The molecule has 2 unspecified atom stereocenters. The molecule has 2 saturated heterocycles. The highest BCUT2D eigenvalue weighted by atomic mass is 32.2. The highest BCUT2D eigenvalue weighted by Gasteiger charge is 2.45. The largest absolute Gasteiger partial charge is 0.329 e. The number of hydrogen-bond acceptors (Lipinski definition) is 3. The van der Waals surface area contributed by atoms with Gasteiger partial charge in [0.05, 0.1) is 17.8 Å². The lowest BCUT2D eigenvalue weighted by Crippen LogP contribution is -2.33. The van der Waals surface area contributed by atoms with Crippen LogP contribution in [0.2, 0.25) is 0 Å². The van der Waals surface area contributed by atoms with E-state index in [1.54, 1.807) is 0 Å². The summed E-state index contributed by atoms with van der Waals surface area (Å²) >= 11 is 0. The van der Waals surface area contributed by atoms with Crippen LogP contribution in [0.4, 0.5) is 0 Å². The standard InChI is InChI=1S/C16H20N2O3S/c19-16(8-10-17-9-3-11-22(17,20)21)18-14-6-7-15(18)13-5-2-1-4-12(13)14/h1-2,4-5,14-15H,3,6-11H2. The van der Waals surface area contributed by atoms with Crippen molar-refractivity contribution in [2.45, 2.75) is 37.8 Å². The summed E-state index contributed by atoms with van der Waals surface area (Å²) in [6, 6.07) is 8.68. The fourth-order valence-corrected chi connectivity index (χ4v) is 5.71. The number of carbonyl (C=O) groups is 1. The molecule has 0 N–H and O–H groups in total. The molecule has 4 rings (SSSR count). The molecule has 3 aliphatic heterocycles. The van der Waals surface area contributed by atoms with Crippen molar-refractivity contribution >= 4 is 15.9 Å². The maximum absolute atomic E-state index is 12.6. The minimum atomic E-state index is -3.11. The minimum Gasteiger partial charge on any atom is -0.329 e. The lowest BCUT2D eigenvalue weighted by molar-refractivity contribution is -0.133. The molecule has 1 aromatic carbocycles. The molecule has 5 nitrogen and oxygen atoms in total. The first-order valence-corrected chi connectivity index (χ1v) is 9.57. The van der Waals surface area contributed by atoms with Gasteiger partial charge in [0.1, 0.15) is 0 Å². The van der Waals surface area contributed by atoms with E-state index in [9.17, 15) is 13.2 Å². The molecule has 0 aromatic heterocycles. The van der Waals surface area contributed by atoms with Crippen molar-refractivity contribution < 1.29 is 13.2 Å². The summed E-state index contributed by atoms with van der Waals surface area (Å²) in [7, 11) is -3.11. The fourth-order valence-electron chi connectivity index (χ4n) is 4.18. The topological polar surface area (TPSA) is 57.7 Å². The SMILES string of the molecule is O=C(CCN1CCCS1(=O)=O)N1C2CCC1c1ccccc12. The van der Waals surface area contributed by atoms with Gasteiger partial charge >= 0.3 is 0 Å². The van der Waals surface area contributed by atoms with Crippen LogP contribution in [0, 0.1) is 0 Å². The van der Waals surface area contributed by atoms with Crippen LogP contribution >= 0.6 is 0 Å². The molecule has 1 aromatic rings. The smallest absolute Gasteiger partial charge is 0.224 e. The third kappa shape index (κ3) is 2.08. The zero-order valence-corrected chi connectivity index (χ0v) is 13.3. The van der Waals surface area contributed by atoms with E-state index in [0.29, 0.717) is 25.9 Å². The zero-order chi connectivity index (χ0) is 15.3. The van der Waals surface area contributed by atoms with E-state index in [2.05, 4.69) is 12.1 Å². The summed E-state index contributed by atoms with van der Waals surface area (Å²) in [6.45, 7) is 0.885. The molecule has 1 amide bonds. The summed E-state index contributed by atoms with van der Waals surface area (Å²) in [5.41, 5.74) is 2.56. The van der Waals surface area contributed by atoms with Gasteiger partial charge in [0.15, 0.2) is 0 Å². The van der Waals surface area contributed by atoms with Gasteiger partial charge in [-0.25, -0.2) is 12.7 Å². The average molecular weight is 320 g/mol. The third-order valence-corrected chi connectivity index (χ3v) is 7.12. The molecule has 6 heteroatoms. The van der Waals surface area contributed by atoms with Gasteiger partial charge in [-0.15, -0.1) is 0 Å². The lowest BCUT2D eigenvalue weighted by atomic mass is 9.92. The summed E-state index contributed by atoms with van der Waals surface area (Å²) in [6.07, 6.45) is 3.02. The maximum Gasteiger partial charge on any atom is 0.224 e. The van der Waals surface area contributed by atoms with Crippen molar-refractivity contribution in [1.82, 2.24) is 9.21 Å². The normalized spacial score (nSPS) is 29.0. The molecule has 3 heterocycles. The maximum atomic E-state index is 12.6. The van der Waals surface area contributed by atoms with Gasteiger partial charge in [-0.05, 0) is 30.4 Å². The van der Waals surface area contributed by atoms with Gasteiger partial charge in [0.25, 0.3) is 0 Å². The second-order valence-electron chi connectivity index (χ2n) is 6.36. The fraction of sp³-hybridized carbons (Fsp3) is 0.562. The van der Waals surface area contributed by atoms with Gasteiger partial charge in [0.2, 0.25) is 15.9 Å². The van der Waals surface area contributed by atoms with Crippen LogP contribution < -0.4 is 0 Å². The highest BCUT2D eigenvalue weighted by Crippen LogP contribution is 2.53. The van der Waals surface area contributed by atoms with Crippen LogP contribution in [-0.2, 0) is 14.8 Å². The van der Waals surface area contributed by atoms with Crippen LogP contribution in [0.1, 0.15) is 48.9 Å². The van der Waals surface area contributed by atoms with Crippen molar-refractivity contribution in [3.05, 3.63) is 35.4 Å². The molecule has 2 fully saturated rings. The van der Waals surface area contributed by atoms with E-state index >= 15 is 0 Å². The van der Waals surface area contributed by atoms with Gasteiger partial charge in [0, 0.05) is 19.5 Å². The highest BCUT2D eigenvalue weighted by molar-refractivity contribution is 7.89. The predicted molar refractivity (Wildman–Crippen MR) is 82.6 cm³/mol. The van der Waals surface area contributed by atoms with Crippen LogP contribution in [0.5, 0.6) is 0 Å². The van der Waals surface area contributed by atoms with Crippen LogP contribution in [0.25, 0.3) is 0 Å². The van der Waals surface area contributed by atoms with Crippen molar-refractivity contribution in [3.8, 4) is 0 Å². The predicted octanol–water partition coefficient (Wildman–Crippen LogP) is 1.83. The molecular weight excluding hydrogens is 300 g/mol. The molecule has 118 valence electrons. The first-order chi connectivity index (χ1) is 10.6. The van der Waals surface area contributed by atoms with Crippen molar-refractivity contribution in [2.24, 2.45) is 0 Å². The molecule has 22 heavy (non-hydrogen) atoms. The Kier molecular flexibility index (Phi) is 3.27. The second-order valence-corrected chi connectivity index (χ2v) is 8.45. The summed E-state index contributed by atoms with van der Waals surface area (Å²) < 4.78 is 25.1. The molecular formula is C16H20N2O3S. The third-order valence-electron chi connectivity index (χ3n) is 5.17. The van der Waals surface area contributed by atoms with E-state index in [0.717, 1.165) is 12.8 Å². The van der Waals surface area contributed by atoms with Gasteiger partial charge in [-0.1, -0.05) is 24.3 Å². The molecule has 2 bridgehead atoms. The van der Waals surface area contributed by atoms with Crippen LogP contribution in [-0.4, -0.2) is 42.4 Å². The number of sulfonamides is 1. The second kappa shape index (κ2) is 5.06. The van der Waals surface area contributed by atoms with Crippen LogP contribution in [0.15, 0.2) is 24.3 Å². The Morgan fingerprint density at radius 2 is 1.77 bits per heavy atom. The lowest BCUT2D eigenvalue weighted by Gasteiger charge is -2.24. The summed E-state index contributed by atoms with van der Waals surface area (Å²) in [5.74, 6) is 0.313. The molecule has 0 spiro atoms. The molecule has 3 aliphatic rings. The van der Waals surface area contributed by atoms with E-state index in [1.807, 2.05) is 17.0 Å². The van der Waals surface area contributed by atoms with Gasteiger partial charge in [-0.3, -0.25) is 4.79 Å².